The first-order valence-electron chi connectivity index (χ1n) is 10.2. The lowest BCUT2D eigenvalue weighted by molar-refractivity contribution is 0.102. The van der Waals surface area contributed by atoms with E-state index in [-0.39, 0.29) is 11.5 Å². The highest BCUT2D eigenvalue weighted by molar-refractivity contribution is 6.13. The molecule has 0 fully saturated rings. The molecular weight excluding hydrogens is 404 g/mol. The molecule has 162 valence electrons. The third-order valence-electron chi connectivity index (χ3n) is 5.59. The first-order valence-corrected chi connectivity index (χ1v) is 10.2. The van der Waals surface area contributed by atoms with E-state index in [0.717, 1.165) is 11.1 Å². The molecule has 0 atom stereocenters. The summed E-state index contributed by atoms with van der Waals surface area (Å²) in [5.74, 6) is 0.738. The van der Waals surface area contributed by atoms with Gasteiger partial charge in [0.2, 0.25) is 0 Å². The summed E-state index contributed by atoms with van der Waals surface area (Å²) in [6, 6.07) is 18.1. The number of ether oxygens (including phenoxy) is 2. The highest BCUT2D eigenvalue weighted by atomic mass is 16.5. The quantitative estimate of drug-likeness (QED) is 0.492. The normalized spacial score (nSPS) is 10.8. The molecule has 0 aliphatic heterocycles. The van der Waals surface area contributed by atoms with Crippen molar-refractivity contribution in [2.24, 2.45) is 0 Å². The summed E-state index contributed by atoms with van der Waals surface area (Å²) in [5, 5.41) is 3.95. The maximum absolute atomic E-state index is 13.4. The summed E-state index contributed by atoms with van der Waals surface area (Å²) in [5.41, 5.74) is 3.57. The Morgan fingerprint density at radius 3 is 2.31 bits per heavy atom. The molecule has 6 nitrogen and oxygen atoms in total. The number of nitrogens with one attached hydrogen (secondary N) is 1. The smallest absolute Gasteiger partial charge is 0.262 e. The van der Waals surface area contributed by atoms with E-state index in [0.29, 0.717) is 39.2 Å². The van der Waals surface area contributed by atoms with Gasteiger partial charge in [0, 0.05) is 28.7 Å². The van der Waals surface area contributed by atoms with Gasteiger partial charge in [0.15, 0.2) is 0 Å². The van der Waals surface area contributed by atoms with Crippen LogP contribution in [-0.4, -0.2) is 24.7 Å². The number of anilines is 1. The molecule has 3 aromatic carbocycles. The zero-order valence-electron chi connectivity index (χ0n) is 18.4. The van der Waals surface area contributed by atoms with Crippen LogP contribution in [0.4, 0.5) is 5.69 Å². The van der Waals surface area contributed by atoms with E-state index in [1.54, 1.807) is 49.7 Å². The fraction of sp³-hybridized carbons (Fsp3) is 0.154. The van der Waals surface area contributed by atoms with E-state index < -0.39 is 0 Å². The Bertz CT molecular complexity index is 1390. The van der Waals surface area contributed by atoms with Gasteiger partial charge in [-0.3, -0.25) is 14.2 Å². The molecule has 6 heteroatoms. The molecule has 0 saturated heterocycles. The Kier molecular flexibility index (Phi) is 5.69. The Hall–Kier alpha value is -4.06. The second-order valence-electron chi connectivity index (χ2n) is 7.55. The molecule has 0 radical (unpaired) electrons. The largest absolute Gasteiger partial charge is 0.497 e. The number of benzene rings is 3. The van der Waals surface area contributed by atoms with Crippen LogP contribution in [0.3, 0.4) is 0 Å². The SMILES string of the molecule is COc1ccc(OC)c(NC(=O)c2cn(-c3ccc(C)c(C)c3)c(=O)c3ccccc23)c1. The number of nitrogens with zero attached hydrogens (tertiary/aromatic N) is 1. The topological polar surface area (TPSA) is 69.6 Å². The number of amides is 1. The number of aromatic nitrogens is 1. The van der Waals surface area contributed by atoms with Crippen LogP contribution >= 0.6 is 0 Å². The highest BCUT2D eigenvalue weighted by Crippen LogP contribution is 2.30. The fourth-order valence-electron chi connectivity index (χ4n) is 3.64. The van der Waals surface area contributed by atoms with Crippen molar-refractivity contribution < 1.29 is 14.3 Å². The number of carbonyl (C=O) groups is 1. The second kappa shape index (κ2) is 8.59. The van der Waals surface area contributed by atoms with E-state index in [4.69, 9.17) is 9.47 Å². The van der Waals surface area contributed by atoms with E-state index in [1.165, 1.54) is 11.7 Å². The molecule has 4 aromatic rings. The molecule has 1 N–H and O–H groups in total. The minimum absolute atomic E-state index is 0.181. The maximum atomic E-state index is 13.4. The van der Waals surface area contributed by atoms with Crippen molar-refractivity contribution >= 4 is 22.4 Å². The van der Waals surface area contributed by atoms with Crippen LogP contribution < -0.4 is 20.3 Å². The predicted molar refractivity (Wildman–Crippen MR) is 127 cm³/mol. The van der Waals surface area contributed by atoms with Crippen LogP contribution in [0.2, 0.25) is 0 Å². The van der Waals surface area contributed by atoms with Crippen LogP contribution in [0, 0.1) is 13.8 Å². The Morgan fingerprint density at radius 1 is 0.875 bits per heavy atom. The maximum Gasteiger partial charge on any atom is 0.262 e. The minimum Gasteiger partial charge on any atom is -0.497 e. The molecule has 1 amide bonds. The van der Waals surface area contributed by atoms with Crippen molar-refractivity contribution in [3.8, 4) is 17.2 Å². The van der Waals surface area contributed by atoms with Gasteiger partial charge < -0.3 is 14.8 Å². The van der Waals surface area contributed by atoms with Crippen molar-refractivity contribution in [2.75, 3.05) is 19.5 Å². The lowest BCUT2D eigenvalue weighted by Crippen LogP contribution is -2.23. The van der Waals surface area contributed by atoms with Crippen LogP contribution in [0.1, 0.15) is 21.5 Å². The number of methoxy groups -OCH3 is 2. The summed E-state index contributed by atoms with van der Waals surface area (Å²) in [6.07, 6.45) is 1.59. The van der Waals surface area contributed by atoms with Crippen LogP contribution in [-0.2, 0) is 0 Å². The highest BCUT2D eigenvalue weighted by Gasteiger charge is 2.18. The van der Waals surface area contributed by atoms with Gasteiger partial charge in [-0.15, -0.1) is 0 Å². The molecule has 32 heavy (non-hydrogen) atoms. The fourth-order valence-corrected chi connectivity index (χ4v) is 3.64. The molecule has 0 aliphatic carbocycles. The number of hydrogen-bond donors (Lipinski definition) is 1. The van der Waals surface area contributed by atoms with Gasteiger partial charge in [-0.25, -0.2) is 0 Å². The Labute approximate surface area is 186 Å². The lowest BCUT2D eigenvalue weighted by Gasteiger charge is -2.15. The zero-order valence-corrected chi connectivity index (χ0v) is 18.4. The molecule has 0 aliphatic rings. The number of hydrogen-bond acceptors (Lipinski definition) is 4. The predicted octanol–water partition coefficient (Wildman–Crippen LogP) is 4.88. The second-order valence-corrected chi connectivity index (χ2v) is 7.55. The van der Waals surface area contributed by atoms with Gasteiger partial charge in [0.25, 0.3) is 11.5 Å². The van der Waals surface area contributed by atoms with Crippen molar-refractivity contribution in [2.45, 2.75) is 13.8 Å². The van der Waals surface area contributed by atoms with E-state index >= 15 is 0 Å². The summed E-state index contributed by atoms with van der Waals surface area (Å²) < 4.78 is 12.2. The molecule has 0 saturated carbocycles. The number of rotatable bonds is 5. The van der Waals surface area contributed by atoms with Gasteiger partial charge in [-0.2, -0.15) is 0 Å². The number of aryl methyl sites for hydroxylation is 2. The zero-order chi connectivity index (χ0) is 22.8. The van der Waals surface area contributed by atoms with Crippen molar-refractivity contribution in [1.82, 2.24) is 4.57 Å². The van der Waals surface area contributed by atoms with E-state index in [2.05, 4.69) is 5.32 Å². The van der Waals surface area contributed by atoms with Gasteiger partial charge in [0.1, 0.15) is 11.5 Å². The number of fused-ring (bicyclic) bond motifs is 1. The monoisotopic (exact) mass is 428 g/mol. The summed E-state index contributed by atoms with van der Waals surface area (Å²) >= 11 is 0. The lowest BCUT2D eigenvalue weighted by atomic mass is 10.1. The Morgan fingerprint density at radius 2 is 1.62 bits per heavy atom. The Balaban J connectivity index is 1.87. The average Bonchev–Trinajstić information content (AvgIpc) is 2.81. The molecule has 0 unspecified atom stereocenters. The van der Waals surface area contributed by atoms with Crippen molar-refractivity contribution in [3.63, 3.8) is 0 Å². The molecule has 4 rings (SSSR count). The minimum atomic E-state index is -0.356. The first-order chi connectivity index (χ1) is 15.4. The van der Waals surface area contributed by atoms with E-state index in [9.17, 15) is 9.59 Å². The van der Waals surface area contributed by atoms with Crippen LogP contribution in [0.15, 0.2) is 71.7 Å². The third kappa shape index (κ3) is 3.83. The van der Waals surface area contributed by atoms with Gasteiger partial charge in [-0.1, -0.05) is 24.3 Å². The number of pyridine rings is 1. The van der Waals surface area contributed by atoms with E-state index in [1.807, 2.05) is 38.1 Å². The van der Waals surface area contributed by atoms with Crippen molar-refractivity contribution in [1.29, 1.82) is 0 Å². The van der Waals surface area contributed by atoms with Gasteiger partial charge in [-0.05, 0) is 55.3 Å². The van der Waals surface area contributed by atoms with Crippen molar-refractivity contribution in [3.05, 3.63) is 93.9 Å². The summed E-state index contributed by atoms with van der Waals surface area (Å²) in [7, 11) is 3.09. The third-order valence-corrected chi connectivity index (χ3v) is 5.59. The first kappa shape index (κ1) is 21.2. The van der Waals surface area contributed by atoms with Crippen LogP contribution in [0.25, 0.3) is 16.5 Å². The summed E-state index contributed by atoms with van der Waals surface area (Å²) in [6.45, 7) is 4.01. The number of carbonyl (C=O) groups excluding carboxylic acids is 1. The molecular formula is C26H24N2O4. The van der Waals surface area contributed by atoms with Gasteiger partial charge >= 0.3 is 0 Å². The molecule has 1 aromatic heterocycles. The average molecular weight is 428 g/mol. The standard InChI is InChI=1S/C26H24N2O4/c1-16-9-10-18(13-17(16)2)28-15-22(20-7-5-6-8-21(20)26(28)30)25(29)27-23-14-19(31-3)11-12-24(23)32-4/h5-15H,1-4H3,(H,27,29). The molecule has 0 spiro atoms. The molecule has 0 bridgehead atoms. The summed E-state index contributed by atoms with van der Waals surface area (Å²) in [4.78, 5) is 26.6. The van der Waals surface area contributed by atoms with Gasteiger partial charge in [0.05, 0.1) is 25.5 Å². The molecule has 1 heterocycles. The van der Waals surface area contributed by atoms with Crippen LogP contribution in [0.5, 0.6) is 11.5 Å².